The number of aromatic amines is 1. The molecule has 0 saturated heterocycles. The quantitative estimate of drug-likeness (QED) is 0.508. The van der Waals surface area contributed by atoms with Gasteiger partial charge in [0.05, 0.1) is 7.11 Å². The van der Waals surface area contributed by atoms with Crippen LogP contribution in [0.4, 0.5) is 5.82 Å². The van der Waals surface area contributed by atoms with Crippen LogP contribution in [-0.4, -0.2) is 23.2 Å². The van der Waals surface area contributed by atoms with E-state index in [0.717, 1.165) is 13.2 Å². The van der Waals surface area contributed by atoms with E-state index in [2.05, 4.69) is 9.72 Å². The normalized spacial score (nSPS) is 9.62. The van der Waals surface area contributed by atoms with Crippen LogP contribution in [0.25, 0.3) is 0 Å². The molecule has 1 rings (SSSR count). The van der Waals surface area contributed by atoms with Crippen LogP contribution >= 0.6 is 0 Å². The fourth-order valence-corrected chi connectivity index (χ4v) is 0.882. The molecule has 0 fully saturated rings. The lowest BCUT2D eigenvalue weighted by molar-refractivity contribution is 0.0598. The Bertz CT molecular complexity index is 370. The van der Waals surface area contributed by atoms with Crippen LogP contribution < -0.4 is 11.3 Å². The second kappa shape index (κ2) is 3.18. The average Bonchev–Trinajstić information content (AvgIpc) is 2.02. The second-order valence-corrected chi connectivity index (χ2v) is 2.30. The van der Waals surface area contributed by atoms with Gasteiger partial charge in [0, 0.05) is 6.07 Å². The summed E-state index contributed by atoms with van der Waals surface area (Å²) >= 11 is 0. The van der Waals surface area contributed by atoms with Crippen molar-refractivity contribution < 1.29 is 14.6 Å². The SMILES string of the molecule is COC(=O)c1c(O)cc(=O)[nH]c1N. The van der Waals surface area contributed by atoms with Crippen molar-refractivity contribution in [3.63, 3.8) is 0 Å². The number of H-pyrrole nitrogens is 1. The van der Waals surface area contributed by atoms with Crippen molar-refractivity contribution in [2.45, 2.75) is 0 Å². The standard InChI is InChI=1S/C7H8N2O4/c1-13-7(12)5-3(10)2-4(11)9-6(5)8/h2H,1H3,(H4,8,9,10,11). The minimum absolute atomic E-state index is 0.211. The predicted octanol–water partition coefficient (Wildman–Crippen LogP) is -0.551. The third-order valence-electron chi connectivity index (χ3n) is 1.44. The summed E-state index contributed by atoms with van der Waals surface area (Å²) in [5.41, 5.74) is 4.47. The zero-order chi connectivity index (χ0) is 10.0. The van der Waals surface area contributed by atoms with Gasteiger partial charge in [0.15, 0.2) is 0 Å². The zero-order valence-electron chi connectivity index (χ0n) is 6.83. The Morgan fingerprint density at radius 1 is 1.69 bits per heavy atom. The first kappa shape index (κ1) is 9.11. The first-order chi connectivity index (χ1) is 6.06. The van der Waals surface area contributed by atoms with Crippen molar-refractivity contribution in [2.24, 2.45) is 0 Å². The first-order valence-electron chi connectivity index (χ1n) is 3.36. The van der Waals surface area contributed by atoms with Crippen molar-refractivity contribution in [3.8, 4) is 5.75 Å². The lowest BCUT2D eigenvalue weighted by atomic mass is 10.2. The van der Waals surface area contributed by atoms with E-state index in [0.29, 0.717) is 0 Å². The van der Waals surface area contributed by atoms with Gasteiger partial charge in [0.1, 0.15) is 17.1 Å². The molecule has 1 aromatic heterocycles. The smallest absolute Gasteiger partial charge is 0.345 e. The van der Waals surface area contributed by atoms with E-state index in [1.54, 1.807) is 0 Å². The number of methoxy groups -OCH3 is 1. The number of rotatable bonds is 1. The summed E-state index contributed by atoms with van der Waals surface area (Å²) < 4.78 is 4.34. The van der Waals surface area contributed by atoms with Crippen LogP contribution in [-0.2, 0) is 4.74 Å². The fourth-order valence-electron chi connectivity index (χ4n) is 0.882. The number of anilines is 1. The van der Waals surface area contributed by atoms with E-state index < -0.39 is 17.3 Å². The number of hydrogen-bond acceptors (Lipinski definition) is 5. The van der Waals surface area contributed by atoms with Crippen molar-refractivity contribution in [1.29, 1.82) is 0 Å². The summed E-state index contributed by atoms with van der Waals surface area (Å²) in [6.45, 7) is 0. The molecule has 0 bridgehead atoms. The topological polar surface area (TPSA) is 105 Å². The van der Waals surface area contributed by atoms with Gasteiger partial charge >= 0.3 is 5.97 Å². The maximum atomic E-state index is 11.0. The molecule has 0 radical (unpaired) electrons. The number of aromatic hydroxyl groups is 1. The molecule has 4 N–H and O–H groups in total. The van der Waals surface area contributed by atoms with Gasteiger partial charge in [0.2, 0.25) is 0 Å². The van der Waals surface area contributed by atoms with E-state index >= 15 is 0 Å². The Balaban J connectivity index is 3.37. The molecule has 0 aromatic carbocycles. The summed E-state index contributed by atoms with van der Waals surface area (Å²) in [5, 5.41) is 9.17. The Morgan fingerprint density at radius 2 is 2.31 bits per heavy atom. The van der Waals surface area contributed by atoms with Gasteiger partial charge in [-0.05, 0) is 0 Å². The Kier molecular flexibility index (Phi) is 2.23. The minimum Gasteiger partial charge on any atom is -0.507 e. The Labute approximate surface area is 73.0 Å². The predicted molar refractivity (Wildman–Crippen MR) is 44.5 cm³/mol. The van der Waals surface area contributed by atoms with E-state index in [1.807, 2.05) is 0 Å². The lowest BCUT2D eigenvalue weighted by Gasteiger charge is -2.04. The Morgan fingerprint density at radius 3 is 2.77 bits per heavy atom. The lowest BCUT2D eigenvalue weighted by Crippen LogP contribution is -2.14. The highest BCUT2D eigenvalue weighted by Gasteiger charge is 2.16. The van der Waals surface area contributed by atoms with E-state index in [4.69, 9.17) is 5.73 Å². The molecule has 1 aromatic rings. The zero-order valence-corrected chi connectivity index (χ0v) is 6.83. The molecule has 0 unspecified atom stereocenters. The average molecular weight is 184 g/mol. The highest BCUT2D eigenvalue weighted by molar-refractivity contribution is 5.96. The van der Waals surface area contributed by atoms with Crippen LogP contribution in [0, 0.1) is 0 Å². The van der Waals surface area contributed by atoms with Gasteiger partial charge in [-0.2, -0.15) is 0 Å². The molecule has 13 heavy (non-hydrogen) atoms. The van der Waals surface area contributed by atoms with E-state index in [-0.39, 0.29) is 11.4 Å². The molecule has 70 valence electrons. The van der Waals surface area contributed by atoms with Crippen molar-refractivity contribution >= 4 is 11.8 Å². The number of aromatic nitrogens is 1. The molecule has 6 heteroatoms. The fraction of sp³-hybridized carbons (Fsp3) is 0.143. The molecular formula is C7H8N2O4. The molecular weight excluding hydrogens is 176 g/mol. The summed E-state index contributed by atoms with van der Waals surface area (Å²) in [5.74, 6) is -1.50. The van der Waals surface area contributed by atoms with Crippen LogP contribution in [0.15, 0.2) is 10.9 Å². The van der Waals surface area contributed by atoms with Gasteiger partial charge in [0.25, 0.3) is 5.56 Å². The summed E-state index contributed by atoms with van der Waals surface area (Å²) in [4.78, 5) is 23.9. The molecule has 0 atom stereocenters. The van der Waals surface area contributed by atoms with Crippen molar-refractivity contribution in [2.75, 3.05) is 12.8 Å². The molecule has 0 saturated carbocycles. The molecule has 0 spiro atoms. The molecule has 6 nitrogen and oxygen atoms in total. The van der Waals surface area contributed by atoms with Crippen molar-refractivity contribution in [1.82, 2.24) is 4.98 Å². The maximum Gasteiger partial charge on any atom is 0.345 e. The molecule has 0 amide bonds. The summed E-state index contributed by atoms with van der Waals surface area (Å²) in [6.07, 6.45) is 0. The number of ether oxygens (including phenoxy) is 1. The van der Waals surface area contributed by atoms with Gasteiger partial charge in [-0.1, -0.05) is 0 Å². The van der Waals surface area contributed by atoms with Crippen molar-refractivity contribution in [3.05, 3.63) is 22.0 Å². The number of pyridine rings is 1. The van der Waals surface area contributed by atoms with Gasteiger partial charge < -0.3 is 20.6 Å². The van der Waals surface area contributed by atoms with E-state index in [9.17, 15) is 14.7 Å². The maximum absolute atomic E-state index is 11.0. The summed E-state index contributed by atoms with van der Waals surface area (Å²) in [7, 11) is 1.15. The molecule has 0 aliphatic carbocycles. The van der Waals surface area contributed by atoms with Gasteiger partial charge in [-0.3, -0.25) is 4.79 Å². The monoisotopic (exact) mass is 184 g/mol. The number of carbonyl (C=O) groups excluding carboxylic acids is 1. The van der Waals surface area contributed by atoms with Crippen LogP contribution in [0.2, 0.25) is 0 Å². The van der Waals surface area contributed by atoms with Crippen LogP contribution in [0.5, 0.6) is 5.75 Å². The summed E-state index contributed by atoms with van der Waals surface area (Å²) in [6, 6.07) is 0.850. The van der Waals surface area contributed by atoms with Crippen LogP contribution in [0.3, 0.4) is 0 Å². The third kappa shape index (κ3) is 1.61. The minimum atomic E-state index is -0.800. The highest BCUT2D eigenvalue weighted by Crippen LogP contribution is 2.19. The number of nitrogens with one attached hydrogen (secondary N) is 1. The molecule has 0 aliphatic rings. The van der Waals surface area contributed by atoms with E-state index in [1.165, 1.54) is 0 Å². The second-order valence-electron chi connectivity index (χ2n) is 2.30. The number of nitrogens with two attached hydrogens (primary N) is 1. The van der Waals surface area contributed by atoms with Gasteiger partial charge in [-0.15, -0.1) is 0 Å². The first-order valence-corrected chi connectivity index (χ1v) is 3.36. The Hall–Kier alpha value is -1.98. The van der Waals surface area contributed by atoms with Gasteiger partial charge in [-0.25, -0.2) is 4.79 Å². The number of carbonyl (C=O) groups is 1. The number of nitrogen functional groups attached to an aromatic ring is 1. The van der Waals surface area contributed by atoms with Crippen LogP contribution in [0.1, 0.15) is 10.4 Å². The number of hydrogen-bond donors (Lipinski definition) is 3. The largest absolute Gasteiger partial charge is 0.507 e. The molecule has 0 aliphatic heterocycles. The third-order valence-corrected chi connectivity index (χ3v) is 1.44. The molecule has 1 heterocycles. The number of esters is 1. The highest BCUT2D eigenvalue weighted by atomic mass is 16.5.